The number of nitrogens with one attached hydrogen (secondary N) is 1. The van der Waals surface area contributed by atoms with Crippen LogP contribution in [0, 0.1) is 0 Å². The Hall–Kier alpha value is -1.02. The molecule has 2 rings (SSSR count). The second-order valence-corrected chi connectivity index (χ2v) is 7.23. The predicted octanol–water partition coefficient (Wildman–Crippen LogP) is 3.96. The molecular weight excluding hydrogens is 403 g/mol. The molecule has 0 aliphatic carbocycles. The standard InChI is InChI=1S/C12H9BrCl2N2O3S/c1-20-8-2-3-9(14)10(5-8)17-21(18,19)11-4-7(13)6-16-12(11)15/h2-6,17H,1H3. The van der Waals surface area contributed by atoms with Crippen LogP contribution >= 0.6 is 39.1 Å². The molecule has 1 aromatic heterocycles. The molecule has 0 aliphatic heterocycles. The van der Waals surface area contributed by atoms with Crippen molar-refractivity contribution in [1.82, 2.24) is 4.98 Å². The van der Waals surface area contributed by atoms with Crippen LogP contribution in [-0.2, 0) is 10.0 Å². The van der Waals surface area contributed by atoms with Gasteiger partial charge in [0, 0.05) is 16.7 Å². The Labute approximate surface area is 140 Å². The minimum absolute atomic E-state index is 0.135. The minimum Gasteiger partial charge on any atom is -0.497 e. The van der Waals surface area contributed by atoms with E-state index in [1.54, 1.807) is 6.07 Å². The Bertz CT molecular complexity index is 784. The van der Waals surface area contributed by atoms with Gasteiger partial charge < -0.3 is 4.74 Å². The molecule has 1 N–H and O–H groups in total. The first kappa shape index (κ1) is 16.4. The normalized spacial score (nSPS) is 11.2. The summed E-state index contributed by atoms with van der Waals surface area (Å²) in [4.78, 5) is 3.63. The number of anilines is 1. The lowest BCUT2D eigenvalue weighted by atomic mass is 10.3. The second-order valence-electron chi connectivity index (χ2n) is 3.89. The summed E-state index contributed by atoms with van der Waals surface area (Å²) in [5.74, 6) is 0.468. The van der Waals surface area contributed by atoms with E-state index >= 15 is 0 Å². The number of hydrogen-bond donors (Lipinski definition) is 1. The average molecular weight is 412 g/mol. The van der Waals surface area contributed by atoms with Gasteiger partial charge in [-0.15, -0.1) is 0 Å². The highest BCUT2D eigenvalue weighted by atomic mass is 79.9. The van der Waals surface area contributed by atoms with E-state index < -0.39 is 10.0 Å². The maximum atomic E-state index is 12.4. The van der Waals surface area contributed by atoms with Crippen LogP contribution in [0.3, 0.4) is 0 Å². The van der Waals surface area contributed by atoms with Crippen LogP contribution in [-0.4, -0.2) is 20.5 Å². The highest BCUT2D eigenvalue weighted by Gasteiger charge is 2.21. The van der Waals surface area contributed by atoms with Gasteiger partial charge in [-0.2, -0.15) is 0 Å². The Morgan fingerprint density at radius 1 is 1.29 bits per heavy atom. The summed E-state index contributed by atoms with van der Waals surface area (Å²) in [6.45, 7) is 0. The van der Waals surface area contributed by atoms with E-state index in [1.165, 1.54) is 31.5 Å². The first-order valence-corrected chi connectivity index (χ1v) is 8.54. The van der Waals surface area contributed by atoms with Crippen LogP contribution in [0.4, 0.5) is 5.69 Å². The van der Waals surface area contributed by atoms with Gasteiger partial charge in [-0.05, 0) is 34.1 Å². The van der Waals surface area contributed by atoms with Gasteiger partial charge in [-0.3, -0.25) is 4.72 Å². The fourth-order valence-electron chi connectivity index (χ4n) is 1.50. The van der Waals surface area contributed by atoms with Gasteiger partial charge in [0.1, 0.15) is 15.8 Å². The van der Waals surface area contributed by atoms with E-state index in [1.807, 2.05) is 0 Å². The number of methoxy groups -OCH3 is 1. The number of aromatic nitrogens is 1. The van der Waals surface area contributed by atoms with Crippen LogP contribution in [0.15, 0.2) is 39.8 Å². The molecule has 21 heavy (non-hydrogen) atoms. The molecule has 1 heterocycles. The van der Waals surface area contributed by atoms with Crippen LogP contribution in [0.5, 0.6) is 5.75 Å². The summed E-state index contributed by atoms with van der Waals surface area (Å²) in [5.41, 5.74) is 0.187. The Balaban J connectivity index is 2.44. The van der Waals surface area contributed by atoms with Crippen molar-refractivity contribution in [1.29, 1.82) is 0 Å². The maximum absolute atomic E-state index is 12.4. The van der Waals surface area contributed by atoms with E-state index in [0.717, 1.165) is 0 Å². The predicted molar refractivity (Wildman–Crippen MR) is 85.8 cm³/mol. The van der Waals surface area contributed by atoms with Crippen molar-refractivity contribution in [3.05, 3.63) is 45.1 Å². The summed E-state index contributed by atoms with van der Waals surface area (Å²) >= 11 is 15.0. The lowest BCUT2D eigenvalue weighted by molar-refractivity contribution is 0.415. The van der Waals surface area contributed by atoms with Gasteiger partial charge >= 0.3 is 0 Å². The molecule has 9 heteroatoms. The first-order valence-electron chi connectivity index (χ1n) is 5.51. The number of sulfonamides is 1. The number of ether oxygens (including phenoxy) is 1. The van der Waals surface area contributed by atoms with E-state index in [9.17, 15) is 8.42 Å². The second kappa shape index (κ2) is 6.39. The number of benzene rings is 1. The summed E-state index contributed by atoms with van der Waals surface area (Å²) < 4.78 is 32.6. The summed E-state index contributed by atoms with van der Waals surface area (Å²) in [7, 11) is -2.46. The number of rotatable bonds is 4. The maximum Gasteiger partial charge on any atom is 0.265 e. The number of pyridine rings is 1. The van der Waals surface area contributed by atoms with Gasteiger partial charge in [0.25, 0.3) is 10.0 Å². The first-order chi connectivity index (χ1) is 9.83. The quantitative estimate of drug-likeness (QED) is 0.773. The van der Waals surface area contributed by atoms with Gasteiger partial charge in [0.05, 0.1) is 17.8 Å². The SMILES string of the molecule is COc1ccc(Cl)c(NS(=O)(=O)c2cc(Br)cnc2Cl)c1. The average Bonchev–Trinajstić information content (AvgIpc) is 2.43. The molecule has 1 aromatic carbocycles. The third-order valence-corrected chi connectivity index (χ3v) is 5.04. The summed E-state index contributed by atoms with van der Waals surface area (Å²) in [5, 5.41) is 0.100. The third kappa shape index (κ3) is 3.79. The minimum atomic E-state index is -3.93. The largest absolute Gasteiger partial charge is 0.497 e. The molecule has 0 atom stereocenters. The van der Waals surface area contributed by atoms with Crippen molar-refractivity contribution >= 4 is 54.8 Å². The smallest absolute Gasteiger partial charge is 0.265 e. The molecule has 5 nitrogen and oxygen atoms in total. The molecule has 0 saturated heterocycles. The van der Waals surface area contributed by atoms with Crippen molar-refractivity contribution in [2.75, 3.05) is 11.8 Å². The highest BCUT2D eigenvalue weighted by Crippen LogP contribution is 2.30. The lowest BCUT2D eigenvalue weighted by Crippen LogP contribution is -2.14. The number of hydrogen-bond acceptors (Lipinski definition) is 4. The number of halogens is 3. The summed E-state index contributed by atoms with van der Waals surface area (Å²) in [6, 6.07) is 5.97. The molecule has 0 spiro atoms. The summed E-state index contributed by atoms with van der Waals surface area (Å²) in [6.07, 6.45) is 1.40. The van der Waals surface area contributed by atoms with Crippen molar-refractivity contribution in [3.63, 3.8) is 0 Å². The molecule has 112 valence electrons. The van der Waals surface area contributed by atoms with Crippen LogP contribution in [0.2, 0.25) is 10.2 Å². The van der Waals surface area contributed by atoms with E-state index in [-0.39, 0.29) is 20.8 Å². The van der Waals surface area contributed by atoms with Crippen LogP contribution in [0.25, 0.3) is 0 Å². The molecule has 0 radical (unpaired) electrons. The monoisotopic (exact) mass is 410 g/mol. The Morgan fingerprint density at radius 3 is 2.67 bits per heavy atom. The molecule has 0 fully saturated rings. The van der Waals surface area contributed by atoms with Crippen LogP contribution < -0.4 is 9.46 Å². The topological polar surface area (TPSA) is 68.3 Å². The molecular formula is C12H9BrCl2N2O3S. The zero-order valence-corrected chi connectivity index (χ0v) is 14.5. The van der Waals surface area contributed by atoms with Gasteiger partial charge in [0.2, 0.25) is 0 Å². The Morgan fingerprint density at radius 2 is 2.00 bits per heavy atom. The zero-order valence-electron chi connectivity index (χ0n) is 10.6. The molecule has 0 bridgehead atoms. The molecule has 0 unspecified atom stereocenters. The molecule has 0 saturated carbocycles. The van der Waals surface area contributed by atoms with Gasteiger partial charge in [-0.1, -0.05) is 23.2 Å². The lowest BCUT2D eigenvalue weighted by Gasteiger charge is -2.11. The Kier molecular flexibility index (Phi) is 4.98. The van der Waals surface area contributed by atoms with Crippen LogP contribution in [0.1, 0.15) is 0 Å². The van der Waals surface area contributed by atoms with Crippen molar-refractivity contribution < 1.29 is 13.2 Å². The van der Waals surface area contributed by atoms with Crippen molar-refractivity contribution in [2.24, 2.45) is 0 Å². The van der Waals surface area contributed by atoms with E-state index in [2.05, 4.69) is 25.6 Å². The van der Waals surface area contributed by atoms with Gasteiger partial charge in [-0.25, -0.2) is 13.4 Å². The fourth-order valence-corrected chi connectivity index (χ4v) is 3.74. The molecule has 0 aliphatic rings. The highest BCUT2D eigenvalue weighted by molar-refractivity contribution is 9.10. The van der Waals surface area contributed by atoms with E-state index in [4.69, 9.17) is 27.9 Å². The van der Waals surface area contributed by atoms with Gasteiger partial charge in [0.15, 0.2) is 0 Å². The van der Waals surface area contributed by atoms with Crippen molar-refractivity contribution in [3.8, 4) is 5.75 Å². The molecule has 0 amide bonds. The number of nitrogens with zero attached hydrogens (tertiary/aromatic N) is 1. The van der Waals surface area contributed by atoms with Crippen molar-refractivity contribution in [2.45, 2.75) is 4.90 Å². The fraction of sp³-hybridized carbons (Fsp3) is 0.0833. The molecule has 2 aromatic rings. The zero-order chi connectivity index (χ0) is 15.6. The third-order valence-electron chi connectivity index (χ3n) is 2.48. The van der Waals surface area contributed by atoms with E-state index in [0.29, 0.717) is 10.2 Å².